The van der Waals surface area contributed by atoms with Gasteiger partial charge in [-0.2, -0.15) is 0 Å². The lowest BCUT2D eigenvalue weighted by molar-refractivity contribution is 0.0595. The van der Waals surface area contributed by atoms with Crippen LogP contribution in [0.25, 0.3) is 0 Å². The molecule has 1 N–H and O–H groups in total. The number of likely N-dealkylation sites (N-methyl/N-ethyl adjacent to an activating group) is 1. The molecule has 6 heteroatoms. The van der Waals surface area contributed by atoms with Crippen LogP contribution >= 0.6 is 0 Å². The quantitative estimate of drug-likeness (QED) is 0.678. The molecule has 146 valence electrons. The Morgan fingerprint density at radius 2 is 1.88 bits per heavy atom. The largest absolute Gasteiger partial charge is 0.336 e. The van der Waals surface area contributed by atoms with Crippen LogP contribution in [0.4, 0.5) is 0 Å². The van der Waals surface area contributed by atoms with Gasteiger partial charge in [0.25, 0.3) is 5.91 Å². The van der Waals surface area contributed by atoms with Crippen molar-refractivity contribution >= 4 is 5.91 Å². The van der Waals surface area contributed by atoms with Crippen molar-refractivity contribution in [2.45, 2.75) is 40.3 Å². The zero-order valence-corrected chi connectivity index (χ0v) is 16.9. The molecule has 1 fully saturated rings. The molecule has 6 nitrogen and oxygen atoms in total. The molecule has 0 aliphatic carbocycles. The minimum Gasteiger partial charge on any atom is -0.336 e. The van der Waals surface area contributed by atoms with Gasteiger partial charge in [0.1, 0.15) is 0 Å². The molecule has 1 amide bonds. The Balaban J connectivity index is 1.77. The lowest BCUT2D eigenvalue weighted by Gasteiger charge is -2.36. The number of carbonyl (C=O) groups excluding carboxylic acids is 1. The summed E-state index contributed by atoms with van der Waals surface area (Å²) in [5.41, 5.74) is 1.67. The molecule has 0 spiro atoms. The Hall–Kier alpha value is -1.50. The van der Waals surface area contributed by atoms with Gasteiger partial charge in [-0.3, -0.25) is 14.7 Å². The smallest absolute Gasteiger partial charge is 0.255 e. The fourth-order valence-corrected chi connectivity index (χ4v) is 3.27. The van der Waals surface area contributed by atoms with Crippen molar-refractivity contribution in [3.8, 4) is 0 Å². The predicted octanol–water partition coefficient (Wildman–Crippen LogP) is 1.68. The van der Waals surface area contributed by atoms with Gasteiger partial charge < -0.3 is 15.1 Å². The van der Waals surface area contributed by atoms with Gasteiger partial charge in [-0.1, -0.05) is 13.8 Å². The molecule has 1 aromatic heterocycles. The van der Waals surface area contributed by atoms with E-state index >= 15 is 0 Å². The van der Waals surface area contributed by atoms with E-state index in [-0.39, 0.29) is 5.91 Å². The van der Waals surface area contributed by atoms with Crippen molar-refractivity contribution in [2.24, 2.45) is 0 Å². The van der Waals surface area contributed by atoms with Crippen LogP contribution in [0.5, 0.6) is 0 Å². The summed E-state index contributed by atoms with van der Waals surface area (Å²) in [7, 11) is 0. The van der Waals surface area contributed by atoms with Gasteiger partial charge in [0.05, 0.1) is 11.3 Å². The fraction of sp³-hybridized carbons (Fsp3) is 0.700. The molecule has 0 radical (unpaired) electrons. The molecule has 0 aromatic carbocycles. The van der Waals surface area contributed by atoms with Crippen LogP contribution in [0.2, 0.25) is 0 Å². The van der Waals surface area contributed by atoms with Gasteiger partial charge in [-0.25, -0.2) is 0 Å². The number of carbonyl (C=O) groups is 1. The molecule has 0 bridgehead atoms. The maximum Gasteiger partial charge on any atom is 0.255 e. The third-order valence-electron chi connectivity index (χ3n) is 5.21. The van der Waals surface area contributed by atoms with Gasteiger partial charge in [-0.05, 0) is 39.1 Å². The summed E-state index contributed by atoms with van der Waals surface area (Å²) in [5, 5.41) is 3.42. The Labute approximate surface area is 158 Å². The van der Waals surface area contributed by atoms with Crippen molar-refractivity contribution in [3.05, 3.63) is 29.6 Å². The number of piperazine rings is 1. The van der Waals surface area contributed by atoms with Crippen LogP contribution in [0.15, 0.2) is 18.3 Å². The first-order valence-electron chi connectivity index (χ1n) is 9.96. The number of nitrogens with zero attached hydrogens (tertiary/aromatic N) is 4. The second-order valence-corrected chi connectivity index (χ2v) is 7.16. The Morgan fingerprint density at radius 1 is 1.19 bits per heavy atom. The lowest BCUT2D eigenvalue weighted by Crippen LogP contribution is -2.50. The SMILES string of the molecule is CCN(CC)CCNCc1ccc(C(=O)N2CCN(C(C)C)CC2)cn1. The highest BCUT2D eigenvalue weighted by Crippen LogP contribution is 2.10. The van der Waals surface area contributed by atoms with Crippen molar-refractivity contribution in [2.75, 3.05) is 52.4 Å². The average molecular weight is 362 g/mol. The molecule has 1 aromatic rings. The van der Waals surface area contributed by atoms with E-state index in [1.807, 2.05) is 17.0 Å². The van der Waals surface area contributed by atoms with E-state index in [4.69, 9.17) is 0 Å². The summed E-state index contributed by atoms with van der Waals surface area (Å²) >= 11 is 0. The summed E-state index contributed by atoms with van der Waals surface area (Å²) in [6.45, 7) is 17.2. The number of amides is 1. The molecule has 2 rings (SSSR count). The summed E-state index contributed by atoms with van der Waals surface area (Å²) in [6.07, 6.45) is 1.72. The molecule has 1 aliphatic heterocycles. The van der Waals surface area contributed by atoms with Crippen molar-refractivity contribution in [3.63, 3.8) is 0 Å². The first-order chi connectivity index (χ1) is 12.5. The first-order valence-corrected chi connectivity index (χ1v) is 9.96. The molecular weight excluding hydrogens is 326 g/mol. The first kappa shape index (κ1) is 20.8. The van der Waals surface area contributed by atoms with Crippen LogP contribution in [0.3, 0.4) is 0 Å². The topological polar surface area (TPSA) is 51.7 Å². The number of rotatable bonds is 9. The average Bonchev–Trinajstić information content (AvgIpc) is 2.68. The van der Waals surface area contributed by atoms with E-state index < -0.39 is 0 Å². The molecular formula is C20H35N5O. The third-order valence-corrected chi connectivity index (χ3v) is 5.21. The molecule has 2 heterocycles. The predicted molar refractivity (Wildman–Crippen MR) is 106 cm³/mol. The van der Waals surface area contributed by atoms with Crippen LogP contribution in [-0.2, 0) is 6.54 Å². The summed E-state index contributed by atoms with van der Waals surface area (Å²) in [4.78, 5) is 23.8. The van der Waals surface area contributed by atoms with E-state index in [0.717, 1.165) is 64.6 Å². The summed E-state index contributed by atoms with van der Waals surface area (Å²) in [5.74, 6) is 0.0990. The zero-order chi connectivity index (χ0) is 18.9. The van der Waals surface area contributed by atoms with Crippen LogP contribution < -0.4 is 5.32 Å². The number of aromatic nitrogens is 1. The van der Waals surface area contributed by atoms with Crippen LogP contribution in [0, 0.1) is 0 Å². The maximum absolute atomic E-state index is 12.6. The summed E-state index contributed by atoms with van der Waals surface area (Å²) < 4.78 is 0. The van der Waals surface area contributed by atoms with Gasteiger partial charge >= 0.3 is 0 Å². The van der Waals surface area contributed by atoms with Crippen molar-refractivity contribution in [1.29, 1.82) is 0 Å². The second-order valence-electron chi connectivity index (χ2n) is 7.16. The number of pyridine rings is 1. The van der Waals surface area contributed by atoms with E-state index in [1.54, 1.807) is 6.20 Å². The van der Waals surface area contributed by atoms with Gasteiger partial charge in [-0.15, -0.1) is 0 Å². The standard InChI is InChI=1S/C20H35N5O/c1-5-23(6-2)10-9-21-16-19-8-7-18(15-22-19)20(26)25-13-11-24(12-14-25)17(3)4/h7-8,15,17,21H,5-6,9-14,16H2,1-4H3. The minimum atomic E-state index is 0.0990. The van der Waals surface area contributed by atoms with Crippen LogP contribution in [0.1, 0.15) is 43.7 Å². The Kier molecular flexibility index (Phi) is 8.48. The Bertz CT molecular complexity index is 534. The molecule has 1 saturated heterocycles. The van der Waals surface area contributed by atoms with Gasteiger partial charge in [0.2, 0.25) is 0 Å². The molecule has 26 heavy (non-hydrogen) atoms. The highest BCUT2D eigenvalue weighted by molar-refractivity contribution is 5.94. The molecule has 0 unspecified atom stereocenters. The van der Waals surface area contributed by atoms with E-state index in [1.165, 1.54) is 0 Å². The van der Waals surface area contributed by atoms with Gasteiger partial charge in [0.15, 0.2) is 0 Å². The normalized spacial score (nSPS) is 15.8. The van der Waals surface area contributed by atoms with E-state index in [2.05, 4.69) is 47.8 Å². The number of hydrogen-bond acceptors (Lipinski definition) is 5. The Morgan fingerprint density at radius 3 is 2.42 bits per heavy atom. The lowest BCUT2D eigenvalue weighted by atomic mass is 10.2. The van der Waals surface area contributed by atoms with E-state index in [9.17, 15) is 4.79 Å². The number of hydrogen-bond donors (Lipinski definition) is 1. The highest BCUT2D eigenvalue weighted by Gasteiger charge is 2.23. The van der Waals surface area contributed by atoms with Crippen LogP contribution in [-0.4, -0.2) is 84.0 Å². The zero-order valence-electron chi connectivity index (χ0n) is 16.9. The summed E-state index contributed by atoms with van der Waals surface area (Å²) in [6, 6.07) is 4.41. The molecule has 0 atom stereocenters. The number of nitrogens with one attached hydrogen (secondary N) is 1. The molecule has 1 aliphatic rings. The van der Waals surface area contributed by atoms with E-state index in [0.29, 0.717) is 11.6 Å². The molecule has 0 saturated carbocycles. The monoisotopic (exact) mass is 361 g/mol. The van der Waals surface area contributed by atoms with Crippen molar-refractivity contribution < 1.29 is 4.79 Å². The maximum atomic E-state index is 12.6. The third kappa shape index (κ3) is 6.04. The minimum absolute atomic E-state index is 0.0990. The fourth-order valence-electron chi connectivity index (χ4n) is 3.27. The second kappa shape index (κ2) is 10.6. The van der Waals surface area contributed by atoms with Crippen molar-refractivity contribution in [1.82, 2.24) is 25.0 Å². The van der Waals surface area contributed by atoms with Gasteiger partial charge in [0, 0.05) is 58.1 Å². The highest BCUT2D eigenvalue weighted by atomic mass is 16.2.